The van der Waals surface area contributed by atoms with Crippen molar-refractivity contribution < 1.29 is 4.57 Å². The Morgan fingerprint density at radius 1 is 0.882 bits per heavy atom. The van der Waals surface area contributed by atoms with E-state index in [1.165, 1.54) is 0 Å². The Balaban J connectivity index is 3.47. The Kier molecular flexibility index (Phi) is 4.01. The van der Waals surface area contributed by atoms with Gasteiger partial charge in [-0.05, 0) is 12.1 Å². The molecule has 1 rings (SSSR count). The van der Waals surface area contributed by atoms with Crippen LogP contribution in [0.25, 0.3) is 0 Å². The van der Waals surface area contributed by atoms with Crippen LogP contribution in [0.1, 0.15) is 41.5 Å². The maximum absolute atomic E-state index is 13.6. The monoisotopic (exact) mass is 316 g/mol. The van der Waals surface area contributed by atoms with E-state index in [-0.39, 0.29) is 10.3 Å². The molecule has 17 heavy (non-hydrogen) atoms. The molecule has 0 aliphatic carbocycles. The first-order valence-corrected chi connectivity index (χ1v) is 8.36. The van der Waals surface area contributed by atoms with Gasteiger partial charge in [0.2, 0.25) is 0 Å². The van der Waals surface area contributed by atoms with Crippen LogP contribution in [0, 0.1) is 0 Å². The highest BCUT2D eigenvalue weighted by Crippen LogP contribution is 2.65. The highest BCUT2D eigenvalue weighted by molar-refractivity contribution is 9.10. The molecular weight excluding hydrogens is 295 g/mol. The van der Waals surface area contributed by atoms with E-state index in [1.54, 1.807) is 0 Å². The molecule has 0 bridgehead atoms. The molecule has 96 valence electrons. The second-order valence-electron chi connectivity index (χ2n) is 6.43. The van der Waals surface area contributed by atoms with Gasteiger partial charge in [-0.25, -0.2) is 0 Å². The minimum Gasteiger partial charge on any atom is -0.318 e. The predicted octanol–water partition coefficient (Wildman–Crippen LogP) is 5.03. The van der Waals surface area contributed by atoms with E-state index >= 15 is 0 Å². The van der Waals surface area contributed by atoms with Gasteiger partial charge in [-0.1, -0.05) is 69.6 Å². The third kappa shape index (κ3) is 2.69. The van der Waals surface area contributed by atoms with Gasteiger partial charge >= 0.3 is 0 Å². The van der Waals surface area contributed by atoms with E-state index in [1.807, 2.05) is 24.3 Å². The van der Waals surface area contributed by atoms with Gasteiger partial charge in [0.1, 0.15) is 7.14 Å². The Morgan fingerprint density at radius 2 is 1.24 bits per heavy atom. The standard InChI is InChI=1S/C14H22BrOP/c1-13(2,3)17(16,14(4,5)6)12-9-7-11(15)8-10-12/h7-10H,1-6H3. The zero-order valence-electron chi connectivity index (χ0n) is 11.5. The number of hydrogen-bond donors (Lipinski definition) is 0. The Bertz CT molecular complexity index is 417. The summed E-state index contributed by atoms with van der Waals surface area (Å²) in [5.74, 6) is 0. The number of hydrogen-bond acceptors (Lipinski definition) is 1. The molecule has 0 atom stereocenters. The number of benzene rings is 1. The van der Waals surface area contributed by atoms with Gasteiger partial charge in [0.25, 0.3) is 0 Å². The van der Waals surface area contributed by atoms with Crippen LogP contribution in [0.2, 0.25) is 0 Å². The van der Waals surface area contributed by atoms with Crippen molar-refractivity contribution >= 4 is 28.4 Å². The molecular formula is C14H22BrOP. The zero-order chi connectivity index (χ0) is 13.5. The molecule has 0 aromatic heterocycles. The summed E-state index contributed by atoms with van der Waals surface area (Å²) in [6.07, 6.45) is 0. The fourth-order valence-electron chi connectivity index (χ4n) is 2.43. The fraction of sp³-hybridized carbons (Fsp3) is 0.571. The predicted molar refractivity (Wildman–Crippen MR) is 80.9 cm³/mol. The average Bonchev–Trinajstić information content (AvgIpc) is 2.14. The Hall–Kier alpha value is -0.0700. The Labute approximate surface area is 114 Å². The van der Waals surface area contributed by atoms with Gasteiger partial charge in [0, 0.05) is 20.1 Å². The topological polar surface area (TPSA) is 17.1 Å². The number of rotatable bonds is 1. The summed E-state index contributed by atoms with van der Waals surface area (Å²) in [5, 5.41) is 0.527. The molecule has 0 fully saturated rings. The highest BCUT2D eigenvalue weighted by Gasteiger charge is 2.47. The molecule has 0 heterocycles. The van der Waals surface area contributed by atoms with Crippen molar-refractivity contribution in [3.8, 4) is 0 Å². The van der Waals surface area contributed by atoms with Crippen LogP contribution in [-0.2, 0) is 4.57 Å². The summed E-state index contributed by atoms with van der Waals surface area (Å²) >= 11 is 3.42. The van der Waals surface area contributed by atoms with Crippen molar-refractivity contribution in [3.05, 3.63) is 28.7 Å². The van der Waals surface area contributed by atoms with E-state index in [2.05, 4.69) is 57.5 Å². The van der Waals surface area contributed by atoms with Gasteiger partial charge in [0.05, 0.1) is 0 Å². The van der Waals surface area contributed by atoms with Crippen LogP contribution in [0.5, 0.6) is 0 Å². The first-order chi connectivity index (χ1) is 7.50. The van der Waals surface area contributed by atoms with E-state index < -0.39 is 7.14 Å². The summed E-state index contributed by atoms with van der Waals surface area (Å²) in [4.78, 5) is 0. The van der Waals surface area contributed by atoms with E-state index in [0.29, 0.717) is 0 Å². The molecule has 0 saturated carbocycles. The molecule has 1 aromatic rings. The van der Waals surface area contributed by atoms with Crippen LogP contribution in [0.3, 0.4) is 0 Å². The van der Waals surface area contributed by atoms with Crippen LogP contribution in [0.4, 0.5) is 0 Å². The van der Waals surface area contributed by atoms with E-state index in [0.717, 1.165) is 9.78 Å². The molecule has 1 nitrogen and oxygen atoms in total. The van der Waals surface area contributed by atoms with Crippen LogP contribution >= 0.6 is 23.1 Å². The summed E-state index contributed by atoms with van der Waals surface area (Å²) in [5.41, 5.74) is 0. The molecule has 0 radical (unpaired) electrons. The lowest BCUT2D eigenvalue weighted by atomic mass is 10.2. The highest BCUT2D eigenvalue weighted by atomic mass is 79.9. The lowest BCUT2D eigenvalue weighted by Crippen LogP contribution is -2.34. The molecule has 0 spiro atoms. The van der Waals surface area contributed by atoms with Crippen molar-refractivity contribution in [2.24, 2.45) is 0 Å². The van der Waals surface area contributed by atoms with Crippen molar-refractivity contribution in [2.45, 2.75) is 51.9 Å². The Morgan fingerprint density at radius 3 is 1.53 bits per heavy atom. The maximum Gasteiger partial charge on any atom is 0.125 e. The number of halogens is 1. The summed E-state index contributed by atoms with van der Waals surface area (Å²) in [7, 11) is -2.48. The zero-order valence-corrected chi connectivity index (χ0v) is 14.0. The summed E-state index contributed by atoms with van der Waals surface area (Å²) in [6.45, 7) is 12.4. The van der Waals surface area contributed by atoms with Crippen molar-refractivity contribution in [3.63, 3.8) is 0 Å². The fourth-order valence-corrected chi connectivity index (χ4v) is 6.83. The molecule has 3 heteroatoms. The van der Waals surface area contributed by atoms with Crippen molar-refractivity contribution in [1.82, 2.24) is 0 Å². The van der Waals surface area contributed by atoms with Gasteiger partial charge in [-0.2, -0.15) is 0 Å². The molecule has 0 unspecified atom stereocenters. The quantitative estimate of drug-likeness (QED) is 0.664. The van der Waals surface area contributed by atoms with Crippen molar-refractivity contribution in [2.75, 3.05) is 0 Å². The summed E-state index contributed by atoms with van der Waals surface area (Å²) in [6, 6.07) is 7.92. The molecule has 0 saturated heterocycles. The molecule has 0 amide bonds. The second-order valence-corrected chi connectivity index (χ2v) is 11.8. The van der Waals surface area contributed by atoms with Gasteiger partial charge in [0.15, 0.2) is 0 Å². The maximum atomic E-state index is 13.6. The minimum absolute atomic E-state index is 0.223. The van der Waals surface area contributed by atoms with E-state index in [4.69, 9.17) is 0 Å². The second kappa shape index (κ2) is 4.55. The molecule has 0 aliphatic rings. The third-order valence-corrected chi connectivity index (χ3v) is 8.41. The van der Waals surface area contributed by atoms with Crippen molar-refractivity contribution in [1.29, 1.82) is 0 Å². The average molecular weight is 317 g/mol. The largest absolute Gasteiger partial charge is 0.318 e. The SMILES string of the molecule is CC(C)(C)P(=O)(c1ccc(Br)cc1)C(C)(C)C. The van der Waals surface area contributed by atoms with E-state index in [9.17, 15) is 4.57 Å². The van der Waals surface area contributed by atoms with Gasteiger partial charge in [-0.3, -0.25) is 0 Å². The first-order valence-electron chi connectivity index (χ1n) is 5.86. The first kappa shape index (κ1) is 15.0. The molecule has 0 aliphatic heterocycles. The van der Waals surface area contributed by atoms with Crippen LogP contribution < -0.4 is 5.30 Å². The normalized spacial score (nSPS) is 13.8. The van der Waals surface area contributed by atoms with Gasteiger partial charge in [-0.15, -0.1) is 0 Å². The molecule has 0 N–H and O–H groups in total. The lowest BCUT2D eigenvalue weighted by molar-refractivity contribution is 0.527. The van der Waals surface area contributed by atoms with Crippen LogP contribution in [0.15, 0.2) is 28.7 Å². The third-order valence-electron chi connectivity index (χ3n) is 3.08. The smallest absolute Gasteiger partial charge is 0.125 e. The van der Waals surface area contributed by atoms with Gasteiger partial charge < -0.3 is 4.57 Å². The minimum atomic E-state index is -2.48. The lowest BCUT2D eigenvalue weighted by Gasteiger charge is -2.41. The summed E-state index contributed by atoms with van der Waals surface area (Å²) < 4.78 is 14.6. The van der Waals surface area contributed by atoms with Crippen LogP contribution in [-0.4, -0.2) is 10.3 Å². The molecule has 1 aromatic carbocycles.